The van der Waals surface area contributed by atoms with Crippen molar-refractivity contribution in [2.24, 2.45) is 0 Å². The Labute approximate surface area is 199 Å². The number of rotatable bonds is 5. The largest absolute Gasteiger partial charge is 0.586 e. The van der Waals surface area contributed by atoms with E-state index in [0.717, 1.165) is 11.1 Å². The van der Waals surface area contributed by atoms with Crippen LogP contribution in [0.2, 0.25) is 0 Å². The number of halogens is 2. The molecule has 1 aromatic heterocycles. The molecule has 0 atom stereocenters. The van der Waals surface area contributed by atoms with Gasteiger partial charge < -0.3 is 19.9 Å². The Balaban J connectivity index is 1.45. The first-order chi connectivity index (χ1) is 16.5. The minimum absolute atomic E-state index is 0.0749. The lowest BCUT2D eigenvalue weighted by atomic mass is 9.93. The third-order valence-corrected chi connectivity index (χ3v) is 6.62. The van der Waals surface area contributed by atoms with E-state index in [0.29, 0.717) is 41.0 Å². The number of anilines is 1. The highest BCUT2D eigenvalue weighted by Crippen LogP contribution is 2.52. The van der Waals surface area contributed by atoms with Crippen LogP contribution in [0.1, 0.15) is 45.5 Å². The number of nitrogens with zero attached hydrogens (tertiary/aromatic N) is 1. The highest BCUT2D eigenvalue weighted by atomic mass is 19.3. The Morgan fingerprint density at radius 1 is 0.971 bits per heavy atom. The molecular formula is C26H22F2N2O5. The number of carbonyl (C=O) groups excluding carboxylic acids is 1. The number of alkyl halides is 2. The Morgan fingerprint density at radius 2 is 1.66 bits per heavy atom. The van der Waals surface area contributed by atoms with Gasteiger partial charge in [0.05, 0.1) is 16.7 Å². The summed E-state index contributed by atoms with van der Waals surface area (Å²) in [6.07, 6.45) is -2.63. The summed E-state index contributed by atoms with van der Waals surface area (Å²) in [7, 11) is 0. The molecule has 1 fully saturated rings. The van der Waals surface area contributed by atoms with Gasteiger partial charge in [0.25, 0.3) is 0 Å². The van der Waals surface area contributed by atoms with E-state index in [9.17, 15) is 23.5 Å². The summed E-state index contributed by atoms with van der Waals surface area (Å²) in [5, 5.41) is 12.4. The molecule has 1 amide bonds. The van der Waals surface area contributed by atoms with Gasteiger partial charge in [-0.15, -0.1) is 8.78 Å². The number of hydrogen-bond donors (Lipinski definition) is 2. The maximum absolute atomic E-state index is 13.4. The predicted molar refractivity (Wildman–Crippen MR) is 123 cm³/mol. The SMILES string of the molecule is Cc1ccc(NC(=O)C2(c3ccc4c(c3)OC(F)(F)O4)CC2)nc1-c1c(C)ccc(C(=O)O)c1C. The van der Waals surface area contributed by atoms with Crippen molar-refractivity contribution < 1.29 is 33.0 Å². The smallest absolute Gasteiger partial charge is 0.478 e. The van der Waals surface area contributed by atoms with Crippen LogP contribution in [0.25, 0.3) is 11.3 Å². The van der Waals surface area contributed by atoms with Crippen molar-refractivity contribution in [2.75, 3.05) is 5.32 Å². The maximum Gasteiger partial charge on any atom is 0.586 e. The summed E-state index contributed by atoms with van der Waals surface area (Å²) in [5.41, 5.74) is 3.43. The van der Waals surface area contributed by atoms with Crippen LogP contribution in [0.4, 0.5) is 14.6 Å². The number of aromatic nitrogens is 1. The topological polar surface area (TPSA) is 97.8 Å². The number of carbonyl (C=O) groups is 2. The van der Waals surface area contributed by atoms with E-state index in [1.54, 1.807) is 31.2 Å². The molecule has 1 aliphatic heterocycles. The van der Waals surface area contributed by atoms with E-state index < -0.39 is 17.7 Å². The molecule has 5 rings (SSSR count). The molecule has 1 aliphatic carbocycles. The van der Waals surface area contributed by atoms with Gasteiger partial charge in [0.2, 0.25) is 5.91 Å². The first kappa shape index (κ1) is 22.8. The minimum atomic E-state index is -3.73. The highest BCUT2D eigenvalue weighted by Gasteiger charge is 2.53. The number of carboxylic acid groups (broad SMARTS) is 1. The molecule has 0 unspecified atom stereocenters. The molecule has 7 nitrogen and oxygen atoms in total. The second-order valence-electron chi connectivity index (χ2n) is 8.96. The average Bonchev–Trinajstić information content (AvgIpc) is 3.52. The fourth-order valence-electron chi connectivity index (χ4n) is 4.55. The van der Waals surface area contributed by atoms with Gasteiger partial charge in [-0.1, -0.05) is 18.2 Å². The third-order valence-electron chi connectivity index (χ3n) is 6.62. The molecule has 3 aromatic rings. The molecule has 35 heavy (non-hydrogen) atoms. The van der Waals surface area contributed by atoms with E-state index in [2.05, 4.69) is 19.8 Å². The Hall–Kier alpha value is -4.01. The second kappa shape index (κ2) is 7.76. The van der Waals surface area contributed by atoms with Crippen LogP contribution in [0.3, 0.4) is 0 Å². The van der Waals surface area contributed by atoms with Gasteiger partial charge >= 0.3 is 12.3 Å². The highest BCUT2D eigenvalue weighted by molar-refractivity contribution is 6.01. The number of hydrogen-bond acceptors (Lipinski definition) is 5. The quantitative estimate of drug-likeness (QED) is 0.510. The average molecular weight is 480 g/mol. The van der Waals surface area contributed by atoms with Crippen LogP contribution in [-0.2, 0) is 10.2 Å². The van der Waals surface area contributed by atoms with Crippen LogP contribution >= 0.6 is 0 Å². The summed E-state index contributed by atoms with van der Waals surface area (Å²) in [6.45, 7) is 5.48. The van der Waals surface area contributed by atoms with Crippen LogP contribution in [0, 0.1) is 20.8 Å². The van der Waals surface area contributed by atoms with Crippen molar-refractivity contribution >= 4 is 17.7 Å². The molecule has 0 spiro atoms. The van der Waals surface area contributed by atoms with E-state index in [4.69, 9.17) is 0 Å². The first-order valence-electron chi connectivity index (χ1n) is 11.0. The van der Waals surface area contributed by atoms with E-state index in [1.807, 2.05) is 19.9 Å². The van der Waals surface area contributed by atoms with Gasteiger partial charge in [0, 0.05) is 5.56 Å². The number of nitrogens with one attached hydrogen (secondary N) is 1. The number of fused-ring (bicyclic) bond motifs is 1. The fraction of sp³-hybridized carbons (Fsp3) is 0.269. The van der Waals surface area contributed by atoms with E-state index in [1.165, 1.54) is 12.1 Å². The normalized spacial score (nSPS) is 16.6. The lowest BCUT2D eigenvalue weighted by Gasteiger charge is -2.18. The number of ether oxygens (including phenoxy) is 2. The Kier molecular flexibility index (Phi) is 5.05. The monoisotopic (exact) mass is 480 g/mol. The number of aryl methyl sites for hydroxylation is 2. The summed E-state index contributed by atoms with van der Waals surface area (Å²) in [4.78, 5) is 29.6. The number of carboxylic acids is 1. The maximum atomic E-state index is 13.4. The van der Waals surface area contributed by atoms with Crippen LogP contribution in [0.15, 0.2) is 42.5 Å². The molecule has 1 saturated carbocycles. The van der Waals surface area contributed by atoms with Crippen molar-refractivity contribution in [3.8, 4) is 22.8 Å². The molecule has 2 aromatic carbocycles. The van der Waals surface area contributed by atoms with Gasteiger partial charge in [-0.2, -0.15) is 0 Å². The van der Waals surface area contributed by atoms with Crippen molar-refractivity contribution in [1.82, 2.24) is 4.98 Å². The number of pyridine rings is 1. The molecule has 2 heterocycles. The fourth-order valence-corrected chi connectivity index (χ4v) is 4.55. The summed E-state index contributed by atoms with van der Waals surface area (Å²) in [6, 6.07) is 11.2. The van der Waals surface area contributed by atoms with Gasteiger partial charge in [-0.05, 0) is 80.1 Å². The number of aromatic carboxylic acids is 1. The standard InChI is InChI=1S/C26H22F2N2O5/c1-13-4-7-17(23(31)32)15(3)21(13)22-14(2)5-9-20(29-22)30-24(33)25(10-11-25)16-6-8-18-19(12-16)35-26(27,28)34-18/h4-9,12H,10-11H2,1-3H3,(H,31,32)(H,29,30,33). The molecule has 0 radical (unpaired) electrons. The number of amides is 1. The van der Waals surface area contributed by atoms with Gasteiger partial charge in [-0.3, -0.25) is 4.79 Å². The zero-order chi connectivity index (χ0) is 25.1. The zero-order valence-corrected chi connectivity index (χ0v) is 19.2. The lowest BCUT2D eigenvalue weighted by Crippen LogP contribution is -2.28. The predicted octanol–water partition coefficient (Wildman–Crippen LogP) is 5.36. The van der Waals surface area contributed by atoms with Gasteiger partial charge in [0.15, 0.2) is 11.5 Å². The van der Waals surface area contributed by atoms with Crippen molar-refractivity contribution in [1.29, 1.82) is 0 Å². The molecule has 0 bridgehead atoms. The zero-order valence-electron chi connectivity index (χ0n) is 19.2. The molecular weight excluding hydrogens is 458 g/mol. The molecule has 180 valence electrons. The van der Waals surface area contributed by atoms with Crippen LogP contribution in [0.5, 0.6) is 11.5 Å². The van der Waals surface area contributed by atoms with Crippen LogP contribution in [-0.4, -0.2) is 28.3 Å². The van der Waals surface area contributed by atoms with E-state index >= 15 is 0 Å². The van der Waals surface area contributed by atoms with Crippen LogP contribution < -0.4 is 14.8 Å². The molecule has 9 heteroatoms. The first-order valence-corrected chi connectivity index (χ1v) is 11.0. The van der Waals surface area contributed by atoms with Crippen molar-refractivity contribution in [3.63, 3.8) is 0 Å². The summed E-state index contributed by atoms with van der Waals surface area (Å²) >= 11 is 0. The molecule has 2 N–H and O–H groups in total. The lowest BCUT2D eigenvalue weighted by molar-refractivity contribution is -0.286. The Bertz CT molecular complexity index is 1400. The second-order valence-corrected chi connectivity index (χ2v) is 8.96. The summed E-state index contributed by atoms with van der Waals surface area (Å²) < 4.78 is 35.8. The molecule has 2 aliphatic rings. The van der Waals surface area contributed by atoms with Crippen molar-refractivity contribution in [2.45, 2.75) is 45.3 Å². The minimum Gasteiger partial charge on any atom is -0.478 e. The third kappa shape index (κ3) is 3.86. The summed E-state index contributed by atoms with van der Waals surface area (Å²) in [5.74, 6) is -1.20. The molecule has 0 saturated heterocycles. The van der Waals surface area contributed by atoms with E-state index in [-0.39, 0.29) is 23.0 Å². The van der Waals surface area contributed by atoms with Crippen molar-refractivity contribution in [3.05, 3.63) is 70.3 Å². The van der Waals surface area contributed by atoms with Gasteiger partial charge in [0.1, 0.15) is 5.82 Å². The van der Waals surface area contributed by atoms with Gasteiger partial charge in [-0.25, -0.2) is 9.78 Å². The number of benzene rings is 2. The Morgan fingerprint density at radius 3 is 2.34 bits per heavy atom.